The molecule has 1 fully saturated rings. The monoisotopic (exact) mass is 423 g/mol. The highest BCUT2D eigenvalue weighted by Gasteiger charge is 2.29. The second-order valence-corrected chi connectivity index (χ2v) is 9.84. The Morgan fingerprint density at radius 3 is 2.43 bits per heavy atom. The van der Waals surface area contributed by atoms with Gasteiger partial charge in [0.1, 0.15) is 0 Å². The van der Waals surface area contributed by atoms with Gasteiger partial charge in [-0.1, -0.05) is 6.07 Å². The maximum absolute atomic E-state index is 13.1. The minimum atomic E-state index is -3.44. The number of hydrogen-bond acceptors (Lipinski definition) is 5. The van der Waals surface area contributed by atoms with Gasteiger partial charge in [-0.15, -0.1) is 0 Å². The van der Waals surface area contributed by atoms with E-state index in [1.54, 1.807) is 29.0 Å². The Kier molecular flexibility index (Phi) is 5.14. The molecule has 7 nitrogen and oxygen atoms in total. The molecule has 1 aliphatic heterocycles. The summed E-state index contributed by atoms with van der Waals surface area (Å²) in [6.45, 7) is 2.98. The number of rotatable bonds is 5. The molecular weight excluding hydrogens is 398 g/mol. The highest BCUT2D eigenvalue weighted by Crippen LogP contribution is 2.27. The van der Waals surface area contributed by atoms with Crippen LogP contribution in [0.5, 0.6) is 0 Å². The molecule has 1 aliphatic carbocycles. The average Bonchev–Trinajstić information content (AvgIpc) is 3.43. The first-order valence-electron chi connectivity index (χ1n) is 10.4. The number of piperazine rings is 1. The van der Waals surface area contributed by atoms with E-state index in [-0.39, 0.29) is 0 Å². The van der Waals surface area contributed by atoms with Crippen LogP contribution in [0.4, 0.5) is 0 Å². The minimum Gasteiger partial charge on any atom is -0.282 e. The highest BCUT2D eigenvalue weighted by atomic mass is 32.2. The van der Waals surface area contributed by atoms with Crippen LogP contribution in [0.25, 0.3) is 11.3 Å². The summed E-state index contributed by atoms with van der Waals surface area (Å²) in [7, 11) is -3.44. The van der Waals surface area contributed by atoms with Gasteiger partial charge in [0, 0.05) is 50.3 Å². The summed E-state index contributed by atoms with van der Waals surface area (Å²) in [5.74, 6) is 0. The zero-order valence-electron chi connectivity index (χ0n) is 16.8. The van der Waals surface area contributed by atoms with Gasteiger partial charge in [0.15, 0.2) is 0 Å². The molecule has 3 heterocycles. The molecule has 1 saturated heterocycles. The van der Waals surface area contributed by atoms with E-state index in [9.17, 15) is 8.42 Å². The van der Waals surface area contributed by atoms with Crippen molar-refractivity contribution in [1.29, 1.82) is 0 Å². The molecule has 0 radical (unpaired) electrons. The Bertz CT molecular complexity index is 1140. The van der Waals surface area contributed by atoms with E-state index in [4.69, 9.17) is 0 Å². The molecule has 3 aromatic rings. The average molecular weight is 424 g/mol. The molecule has 0 amide bonds. The minimum absolute atomic E-state index is 0.434. The van der Waals surface area contributed by atoms with Crippen molar-refractivity contribution in [2.45, 2.75) is 30.8 Å². The highest BCUT2D eigenvalue weighted by molar-refractivity contribution is 7.89. The van der Waals surface area contributed by atoms with Crippen LogP contribution in [0.1, 0.15) is 17.5 Å². The van der Waals surface area contributed by atoms with Crippen LogP contribution >= 0.6 is 0 Å². The number of benzene rings is 1. The zero-order chi connectivity index (χ0) is 20.6. The third kappa shape index (κ3) is 3.66. The Hall–Kier alpha value is -2.55. The summed E-state index contributed by atoms with van der Waals surface area (Å²) < 4.78 is 29.8. The largest absolute Gasteiger partial charge is 0.282 e. The van der Waals surface area contributed by atoms with Crippen molar-refractivity contribution in [3.05, 3.63) is 66.1 Å². The number of fused-ring (bicyclic) bond motifs is 1. The summed E-state index contributed by atoms with van der Waals surface area (Å²) in [6.07, 6.45) is 8.50. The van der Waals surface area contributed by atoms with Crippen LogP contribution in [0, 0.1) is 0 Å². The van der Waals surface area contributed by atoms with Gasteiger partial charge < -0.3 is 0 Å². The maximum Gasteiger partial charge on any atom is 0.243 e. The summed E-state index contributed by atoms with van der Waals surface area (Å²) in [5, 5.41) is 4.46. The molecule has 0 saturated carbocycles. The van der Waals surface area contributed by atoms with Gasteiger partial charge in [-0.2, -0.15) is 9.40 Å². The van der Waals surface area contributed by atoms with Crippen molar-refractivity contribution in [3.8, 4) is 11.3 Å². The summed E-state index contributed by atoms with van der Waals surface area (Å²) in [5.41, 5.74) is 4.59. The first-order valence-corrected chi connectivity index (χ1v) is 11.8. The van der Waals surface area contributed by atoms with Crippen molar-refractivity contribution in [1.82, 2.24) is 24.0 Å². The van der Waals surface area contributed by atoms with Crippen molar-refractivity contribution >= 4 is 10.0 Å². The van der Waals surface area contributed by atoms with Crippen LogP contribution in [0.2, 0.25) is 0 Å². The van der Waals surface area contributed by atoms with Crippen molar-refractivity contribution in [3.63, 3.8) is 0 Å². The number of sulfonamides is 1. The molecule has 0 bridgehead atoms. The van der Waals surface area contributed by atoms with Crippen molar-refractivity contribution in [2.24, 2.45) is 0 Å². The van der Waals surface area contributed by atoms with Crippen LogP contribution < -0.4 is 0 Å². The molecule has 5 rings (SSSR count). The summed E-state index contributed by atoms with van der Waals surface area (Å²) >= 11 is 0. The summed E-state index contributed by atoms with van der Waals surface area (Å²) in [6, 6.07) is 11.6. The number of aryl methyl sites for hydroxylation is 2. The van der Waals surface area contributed by atoms with E-state index in [1.807, 2.05) is 35.0 Å². The Balaban J connectivity index is 1.26. The van der Waals surface area contributed by atoms with E-state index >= 15 is 0 Å². The van der Waals surface area contributed by atoms with E-state index < -0.39 is 10.0 Å². The van der Waals surface area contributed by atoms with Gasteiger partial charge in [-0.05, 0) is 60.7 Å². The first-order chi connectivity index (χ1) is 14.6. The van der Waals surface area contributed by atoms with Gasteiger partial charge in [0.05, 0.1) is 17.3 Å². The molecule has 30 heavy (non-hydrogen) atoms. The SMILES string of the molecule is O=S(=O)(c1ccc2c(c1)CCC2)N1CCN(Cn2nccc2-c2ccncc2)CC1. The quantitative estimate of drug-likeness (QED) is 0.630. The predicted octanol–water partition coefficient (Wildman–Crippen LogP) is 2.40. The fourth-order valence-electron chi connectivity index (χ4n) is 4.37. The smallest absolute Gasteiger partial charge is 0.243 e. The lowest BCUT2D eigenvalue weighted by Crippen LogP contribution is -2.49. The lowest BCUT2D eigenvalue weighted by atomic mass is 10.1. The summed E-state index contributed by atoms with van der Waals surface area (Å²) in [4.78, 5) is 6.75. The fourth-order valence-corrected chi connectivity index (χ4v) is 5.85. The van der Waals surface area contributed by atoms with E-state index in [1.165, 1.54) is 11.1 Å². The Labute approximate surface area is 177 Å². The van der Waals surface area contributed by atoms with Crippen molar-refractivity contribution < 1.29 is 8.42 Å². The Morgan fingerprint density at radius 2 is 1.63 bits per heavy atom. The van der Waals surface area contributed by atoms with E-state index in [0.717, 1.165) is 30.5 Å². The second-order valence-electron chi connectivity index (χ2n) is 7.90. The van der Waals surface area contributed by atoms with Crippen LogP contribution in [-0.2, 0) is 29.5 Å². The molecule has 2 aromatic heterocycles. The third-order valence-electron chi connectivity index (χ3n) is 6.07. The zero-order valence-corrected chi connectivity index (χ0v) is 17.6. The standard InChI is InChI=1S/C22H25N5O2S/c28-30(29,21-5-4-18-2-1-3-20(18)16-21)26-14-12-25(13-15-26)17-27-22(8-11-24-27)19-6-9-23-10-7-19/h4-11,16H,1-3,12-15,17H2. The lowest BCUT2D eigenvalue weighted by molar-refractivity contribution is 0.146. The number of nitrogens with zero attached hydrogens (tertiary/aromatic N) is 5. The number of aromatic nitrogens is 3. The molecule has 0 unspecified atom stereocenters. The fraction of sp³-hybridized carbons (Fsp3) is 0.364. The van der Waals surface area contributed by atoms with Gasteiger partial charge in [0.25, 0.3) is 0 Å². The van der Waals surface area contributed by atoms with Gasteiger partial charge in [-0.3, -0.25) is 14.6 Å². The first kappa shape index (κ1) is 19.4. The van der Waals surface area contributed by atoms with Crippen molar-refractivity contribution in [2.75, 3.05) is 26.2 Å². The lowest BCUT2D eigenvalue weighted by Gasteiger charge is -2.34. The number of pyridine rings is 1. The van der Waals surface area contributed by atoms with Crippen LogP contribution in [-0.4, -0.2) is 58.6 Å². The van der Waals surface area contributed by atoms with E-state index in [2.05, 4.69) is 15.0 Å². The molecule has 1 aromatic carbocycles. The maximum atomic E-state index is 13.1. The third-order valence-corrected chi connectivity index (χ3v) is 7.96. The number of hydrogen-bond donors (Lipinski definition) is 0. The molecule has 8 heteroatoms. The molecule has 0 N–H and O–H groups in total. The van der Waals surface area contributed by atoms with Crippen LogP contribution in [0.15, 0.2) is 59.9 Å². The molecule has 0 spiro atoms. The molecule has 0 atom stereocenters. The van der Waals surface area contributed by atoms with E-state index in [0.29, 0.717) is 37.7 Å². The van der Waals surface area contributed by atoms with Crippen LogP contribution in [0.3, 0.4) is 0 Å². The van der Waals surface area contributed by atoms with Gasteiger partial charge in [-0.25, -0.2) is 8.42 Å². The predicted molar refractivity (Wildman–Crippen MR) is 114 cm³/mol. The Morgan fingerprint density at radius 1 is 0.867 bits per heavy atom. The molecule has 156 valence electrons. The van der Waals surface area contributed by atoms with Gasteiger partial charge >= 0.3 is 0 Å². The topological polar surface area (TPSA) is 71.3 Å². The normalized spacial score (nSPS) is 17.9. The molecular formula is C22H25N5O2S. The second kappa shape index (κ2) is 7.94. The van der Waals surface area contributed by atoms with Gasteiger partial charge in [0.2, 0.25) is 10.0 Å². The molecule has 2 aliphatic rings.